The number of aromatic amines is 1. The third-order valence-electron chi connectivity index (χ3n) is 1.77. The number of halogens is 1. The normalized spacial score (nSPS) is 10.1. The maximum Gasteiger partial charge on any atom is 0.138 e. The van der Waals surface area contributed by atoms with Gasteiger partial charge in [-0.3, -0.25) is 0 Å². The quantitative estimate of drug-likeness (QED) is 0.842. The summed E-state index contributed by atoms with van der Waals surface area (Å²) in [6.07, 6.45) is 3.40. The van der Waals surface area contributed by atoms with Gasteiger partial charge in [-0.05, 0) is 12.1 Å². The van der Waals surface area contributed by atoms with E-state index in [9.17, 15) is 0 Å². The lowest BCUT2D eigenvalue weighted by atomic mass is 10.3. The van der Waals surface area contributed by atoms with E-state index in [1.807, 2.05) is 18.2 Å². The van der Waals surface area contributed by atoms with Gasteiger partial charge in [-0.25, -0.2) is 4.98 Å². The van der Waals surface area contributed by atoms with Crippen LogP contribution in [0.3, 0.4) is 0 Å². The summed E-state index contributed by atoms with van der Waals surface area (Å²) in [7, 11) is 0. The predicted molar refractivity (Wildman–Crippen MR) is 54.4 cm³/mol. The lowest BCUT2D eigenvalue weighted by Gasteiger charge is -2.05. The molecule has 4 heteroatoms. The van der Waals surface area contributed by atoms with Crippen molar-refractivity contribution in [3.8, 4) is 5.75 Å². The Labute approximate surface area is 86.7 Å². The predicted octanol–water partition coefficient (Wildman–Crippen LogP) is 2.64. The number of H-pyrrole nitrogens is 1. The average Bonchev–Trinajstić information content (AvgIpc) is 2.69. The van der Waals surface area contributed by atoms with E-state index in [0.717, 1.165) is 5.69 Å². The van der Waals surface area contributed by atoms with Crippen molar-refractivity contribution in [3.63, 3.8) is 0 Å². The van der Waals surface area contributed by atoms with Crippen molar-refractivity contribution in [3.05, 3.63) is 47.5 Å². The number of hydrogen-bond acceptors (Lipinski definition) is 2. The van der Waals surface area contributed by atoms with Crippen molar-refractivity contribution in [1.82, 2.24) is 9.97 Å². The molecule has 0 bridgehead atoms. The number of para-hydroxylation sites is 1. The molecule has 0 fully saturated rings. The maximum absolute atomic E-state index is 5.91. The highest BCUT2D eigenvalue weighted by Gasteiger charge is 2.00. The van der Waals surface area contributed by atoms with Crippen LogP contribution in [-0.2, 0) is 6.61 Å². The SMILES string of the molecule is Clc1ccccc1OCc1c[nH]cn1. The maximum atomic E-state index is 5.91. The van der Waals surface area contributed by atoms with Crippen LogP contribution < -0.4 is 4.74 Å². The first-order chi connectivity index (χ1) is 6.86. The Hall–Kier alpha value is -1.48. The van der Waals surface area contributed by atoms with Crippen LogP contribution in [-0.4, -0.2) is 9.97 Å². The minimum Gasteiger partial charge on any atom is -0.486 e. The van der Waals surface area contributed by atoms with Gasteiger partial charge in [0.15, 0.2) is 0 Å². The molecule has 0 radical (unpaired) electrons. The molecule has 72 valence electrons. The highest BCUT2D eigenvalue weighted by atomic mass is 35.5. The van der Waals surface area contributed by atoms with Crippen LogP contribution in [0.1, 0.15) is 5.69 Å². The van der Waals surface area contributed by atoms with Crippen LogP contribution in [0.5, 0.6) is 5.75 Å². The second-order valence-electron chi connectivity index (χ2n) is 2.78. The third kappa shape index (κ3) is 2.06. The van der Waals surface area contributed by atoms with Crippen LogP contribution in [0.15, 0.2) is 36.8 Å². The Morgan fingerprint density at radius 2 is 2.21 bits per heavy atom. The molecule has 14 heavy (non-hydrogen) atoms. The molecule has 0 unspecified atom stereocenters. The minimum absolute atomic E-state index is 0.424. The molecule has 0 aliphatic heterocycles. The molecular formula is C10H9ClN2O. The van der Waals surface area contributed by atoms with E-state index in [-0.39, 0.29) is 0 Å². The smallest absolute Gasteiger partial charge is 0.138 e. The van der Waals surface area contributed by atoms with Gasteiger partial charge < -0.3 is 9.72 Å². The van der Waals surface area contributed by atoms with E-state index in [4.69, 9.17) is 16.3 Å². The fourth-order valence-electron chi connectivity index (χ4n) is 1.08. The largest absolute Gasteiger partial charge is 0.486 e. The van der Waals surface area contributed by atoms with Crippen molar-refractivity contribution in [2.75, 3.05) is 0 Å². The molecule has 0 spiro atoms. The molecule has 1 heterocycles. The van der Waals surface area contributed by atoms with E-state index in [1.54, 1.807) is 18.6 Å². The topological polar surface area (TPSA) is 37.9 Å². The van der Waals surface area contributed by atoms with Gasteiger partial charge in [0.1, 0.15) is 12.4 Å². The standard InChI is InChI=1S/C10H9ClN2O/c11-9-3-1-2-4-10(9)14-6-8-5-12-7-13-8/h1-5,7H,6H2,(H,12,13). The molecule has 2 aromatic rings. The zero-order chi connectivity index (χ0) is 9.80. The second kappa shape index (κ2) is 4.15. The number of nitrogens with zero attached hydrogens (tertiary/aromatic N) is 1. The van der Waals surface area contributed by atoms with Gasteiger partial charge in [0.05, 0.1) is 17.0 Å². The first-order valence-electron chi connectivity index (χ1n) is 4.21. The summed E-state index contributed by atoms with van der Waals surface area (Å²) >= 11 is 5.91. The highest BCUT2D eigenvalue weighted by molar-refractivity contribution is 6.32. The van der Waals surface area contributed by atoms with Crippen molar-refractivity contribution in [1.29, 1.82) is 0 Å². The molecule has 1 aromatic heterocycles. The zero-order valence-corrected chi connectivity index (χ0v) is 8.16. The lowest BCUT2D eigenvalue weighted by molar-refractivity contribution is 0.302. The fourth-order valence-corrected chi connectivity index (χ4v) is 1.27. The van der Waals surface area contributed by atoms with E-state index in [0.29, 0.717) is 17.4 Å². The van der Waals surface area contributed by atoms with Crippen molar-refractivity contribution in [2.24, 2.45) is 0 Å². The first kappa shape index (κ1) is 9.09. The average molecular weight is 209 g/mol. The molecule has 1 N–H and O–H groups in total. The summed E-state index contributed by atoms with van der Waals surface area (Å²) in [6, 6.07) is 7.37. The number of imidazole rings is 1. The highest BCUT2D eigenvalue weighted by Crippen LogP contribution is 2.23. The molecule has 0 saturated heterocycles. The van der Waals surface area contributed by atoms with Gasteiger partial charge in [0, 0.05) is 6.20 Å². The van der Waals surface area contributed by atoms with Crippen molar-refractivity contribution in [2.45, 2.75) is 6.61 Å². The summed E-state index contributed by atoms with van der Waals surface area (Å²) in [5, 5.41) is 0.614. The monoisotopic (exact) mass is 208 g/mol. The van der Waals surface area contributed by atoms with Crippen molar-refractivity contribution >= 4 is 11.6 Å². The van der Waals surface area contributed by atoms with E-state index in [2.05, 4.69) is 9.97 Å². The number of benzene rings is 1. The minimum atomic E-state index is 0.424. The Balaban J connectivity index is 2.02. The Morgan fingerprint density at radius 1 is 1.36 bits per heavy atom. The summed E-state index contributed by atoms with van der Waals surface area (Å²) < 4.78 is 5.47. The number of rotatable bonds is 3. The molecular weight excluding hydrogens is 200 g/mol. The first-order valence-corrected chi connectivity index (χ1v) is 4.59. The Morgan fingerprint density at radius 3 is 2.93 bits per heavy atom. The summed E-state index contributed by atoms with van der Waals surface area (Å²) in [6.45, 7) is 0.424. The number of aromatic nitrogens is 2. The van der Waals surface area contributed by atoms with Gasteiger partial charge in [-0.15, -0.1) is 0 Å². The van der Waals surface area contributed by atoms with Crippen LogP contribution >= 0.6 is 11.6 Å². The van der Waals surface area contributed by atoms with Crippen LogP contribution in [0, 0.1) is 0 Å². The molecule has 0 amide bonds. The van der Waals surface area contributed by atoms with Gasteiger partial charge >= 0.3 is 0 Å². The van der Waals surface area contributed by atoms with Gasteiger partial charge in [-0.2, -0.15) is 0 Å². The molecule has 2 rings (SSSR count). The van der Waals surface area contributed by atoms with Gasteiger partial charge in [-0.1, -0.05) is 23.7 Å². The van der Waals surface area contributed by atoms with E-state index >= 15 is 0 Å². The van der Waals surface area contributed by atoms with Gasteiger partial charge in [0.2, 0.25) is 0 Å². The number of nitrogens with one attached hydrogen (secondary N) is 1. The van der Waals surface area contributed by atoms with Crippen LogP contribution in [0.2, 0.25) is 5.02 Å². The molecule has 1 aromatic carbocycles. The van der Waals surface area contributed by atoms with E-state index < -0.39 is 0 Å². The summed E-state index contributed by atoms with van der Waals surface area (Å²) in [5.41, 5.74) is 0.852. The molecule has 0 saturated carbocycles. The fraction of sp³-hybridized carbons (Fsp3) is 0.100. The number of hydrogen-bond donors (Lipinski definition) is 1. The number of ether oxygens (including phenoxy) is 1. The van der Waals surface area contributed by atoms with Crippen LogP contribution in [0.25, 0.3) is 0 Å². The Bertz CT molecular complexity index is 400. The molecule has 0 aliphatic carbocycles. The summed E-state index contributed by atoms with van der Waals surface area (Å²) in [5.74, 6) is 0.678. The lowest BCUT2D eigenvalue weighted by Crippen LogP contribution is -1.95. The van der Waals surface area contributed by atoms with E-state index in [1.165, 1.54) is 0 Å². The van der Waals surface area contributed by atoms with Crippen LogP contribution in [0.4, 0.5) is 0 Å². The summed E-state index contributed by atoms with van der Waals surface area (Å²) in [4.78, 5) is 6.89. The van der Waals surface area contributed by atoms with Gasteiger partial charge in [0.25, 0.3) is 0 Å². The molecule has 3 nitrogen and oxygen atoms in total. The van der Waals surface area contributed by atoms with Crippen molar-refractivity contribution < 1.29 is 4.74 Å². The molecule has 0 atom stereocenters. The zero-order valence-electron chi connectivity index (χ0n) is 7.40. The third-order valence-corrected chi connectivity index (χ3v) is 2.08. The molecule has 0 aliphatic rings. The second-order valence-corrected chi connectivity index (χ2v) is 3.19. The Kier molecular flexibility index (Phi) is 2.70.